The number of nitrogens with one attached hydrogen (secondary N) is 1. The van der Waals surface area contributed by atoms with Gasteiger partial charge in [-0.25, -0.2) is 0 Å². The molecule has 2 unspecified atom stereocenters. The van der Waals surface area contributed by atoms with Gasteiger partial charge in [-0.1, -0.05) is 41.5 Å². The van der Waals surface area contributed by atoms with Crippen molar-refractivity contribution < 1.29 is 19.8 Å². The summed E-state index contributed by atoms with van der Waals surface area (Å²) >= 11 is 0. The smallest absolute Gasteiger partial charge is 0.251 e. The van der Waals surface area contributed by atoms with E-state index in [-0.39, 0.29) is 23.2 Å². The minimum atomic E-state index is -1.32. The highest BCUT2D eigenvalue weighted by Gasteiger charge is 2.70. The number of benzene rings is 3. The molecule has 6 heteroatoms. The van der Waals surface area contributed by atoms with Gasteiger partial charge in [0.05, 0.1) is 5.41 Å². The van der Waals surface area contributed by atoms with Crippen molar-refractivity contribution in [2.45, 2.75) is 31.2 Å². The van der Waals surface area contributed by atoms with E-state index in [0.717, 1.165) is 16.7 Å². The molecule has 2 aliphatic heterocycles. The Bertz CT molecular complexity index is 1300. The van der Waals surface area contributed by atoms with E-state index < -0.39 is 11.0 Å². The molecule has 2 aliphatic rings. The van der Waals surface area contributed by atoms with Crippen LogP contribution in [0.15, 0.2) is 60.7 Å². The van der Waals surface area contributed by atoms with Gasteiger partial charge in [-0.3, -0.25) is 14.5 Å². The lowest BCUT2D eigenvalue weighted by Gasteiger charge is -2.44. The number of para-hydroxylation sites is 1. The molecule has 1 saturated heterocycles. The highest BCUT2D eigenvalue weighted by Crippen LogP contribution is 2.59. The van der Waals surface area contributed by atoms with Crippen LogP contribution in [0.2, 0.25) is 0 Å². The topological polar surface area (TPSA) is 89.9 Å². The Morgan fingerprint density at radius 2 is 1.67 bits per heavy atom. The first kappa shape index (κ1) is 21.2. The summed E-state index contributed by atoms with van der Waals surface area (Å²) in [6, 6.07) is 17.6. The van der Waals surface area contributed by atoms with Crippen LogP contribution in [-0.4, -0.2) is 40.4 Å². The van der Waals surface area contributed by atoms with E-state index in [9.17, 15) is 19.8 Å². The lowest BCUT2D eigenvalue weighted by atomic mass is 9.59. The minimum absolute atomic E-state index is 0.185. The first-order valence-electron chi connectivity index (χ1n) is 11.0. The summed E-state index contributed by atoms with van der Waals surface area (Å²) in [7, 11) is 1.86. The first-order valence-corrected chi connectivity index (χ1v) is 11.0. The minimum Gasteiger partial charge on any atom is -0.504 e. The first-order chi connectivity index (χ1) is 15.7. The van der Waals surface area contributed by atoms with Gasteiger partial charge >= 0.3 is 0 Å². The number of likely N-dealkylation sites (N-methyl/N-ethyl adjacent to an activating group) is 1. The van der Waals surface area contributed by atoms with Crippen LogP contribution in [-0.2, 0) is 15.7 Å². The molecule has 6 nitrogen and oxygen atoms in total. The molecule has 0 aliphatic carbocycles. The molecule has 168 valence electrons. The fraction of sp³-hybridized carbons (Fsp3) is 0.259. The molecule has 1 amide bonds. The zero-order chi connectivity index (χ0) is 23.5. The lowest BCUT2D eigenvalue weighted by molar-refractivity contribution is -0.127. The fourth-order valence-corrected chi connectivity index (χ4v) is 5.96. The Morgan fingerprint density at radius 3 is 2.36 bits per heavy atom. The molecule has 5 rings (SSSR count). The molecule has 1 spiro atoms. The summed E-state index contributed by atoms with van der Waals surface area (Å²) in [5.74, 6) is -1.05. The van der Waals surface area contributed by atoms with Crippen LogP contribution in [0, 0.1) is 13.8 Å². The van der Waals surface area contributed by atoms with Gasteiger partial charge in [0, 0.05) is 23.4 Å². The zero-order valence-electron chi connectivity index (χ0n) is 18.8. The van der Waals surface area contributed by atoms with Crippen LogP contribution < -0.4 is 5.32 Å². The molecule has 1 fully saturated rings. The molecule has 2 atom stereocenters. The van der Waals surface area contributed by atoms with E-state index in [0.29, 0.717) is 29.8 Å². The number of likely N-dealkylation sites (tertiary alicyclic amines) is 1. The maximum atomic E-state index is 14.6. The number of fused-ring (bicyclic) bond motifs is 2. The number of phenolic OH excluding ortho intramolecular Hbond substituents is 2. The number of carbonyl (C=O) groups is 2. The Kier molecular flexibility index (Phi) is 4.62. The third-order valence-corrected chi connectivity index (χ3v) is 7.25. The van der Waals surface area contributed by atoms with Crippen molar-refractivity contribution in [2.75, 3.05) is 18.9 Å². The van der Waals surface area contributed by atoms with Crippen LogP contribution in [0.3, 0.4) is 0 Å². The third-order valence-electron chi connectivity index (χ3n) is 7.25. The Balaban J connectivity index is 1.88. The quantitative estimate of drug-likeness (QED) is 0.421. The summed E-state index contributed by atoms with van der Waals surface area (Å²) < 4.78 is 0. The Labute approximate surface area is 192 Å². The number of aromatic hydroxyl groups is 2. The van der Waals surface area contributed by atoms with Crippen LogP contribution >= 0.6 is 0 Å². The number of hydrogen-bond donors (Lipinski definition) is 3. The van der Waals surface area contributed by atoms with Gasteiger partial charge in [0.15, 0.2) is 17.3 Å². The average Bonchev–Trinajstić information content (AvgIpc) is 3.25. The van der Waals surface area contributed by atoms with Crippen LogP contribution in [0.25, 0.3) is 0 Å². The van der Waals surface area contributed by atoms with Gasteiger partial charge in [-0.15, -0.1) is 0 Å². The number of rotatable bonds is 3. The van der Waals surface area contributed by atoms with E-state index in [4.69, 9.17) is 0 Å². The molecule has 0 bridgehead atoms. The van der Waals surface area contributed by atoms with Gasteiger partial charge in [0.2, 0.25) is 0 Å². The van der Waals surface area contributed by atoms with Crippen molar-refractivity contribution >= 4 is 17.4 Å². The van der Waals surface area contributed by atoms with Gasteiger partial charge in [0.25, 0.3) is 5.91 Å². The molecule has 0 saturated carbocycles. The van der Waals surface area contributed by atoms with E-state index >= 15 is 0 Å². The SMILES string of the molecule is Cc1cc(C)cc(C(=O)C2(c3ccc(O)c(O)c3)CCN(C)C23C(=O)Nc2ccccc23)c1. The fourth-order valence-electron chi connectivity index (χ4n) is 5.96. The van der Waals surface area contributed by atoms with Crippen molar-refractivity contribution in [3.05, 3.63) is 88.5 Å². The molecule has 0 aromatic heterocycles. The normalized spacial score (nSPS) is 24.2. The van der Waals surface area contributed by atoms with Gasteiger partial charge in [0.1, 0.15) is 5.54 Å². The largest absolute Gasteiger partial charge is 0.504 e. The van der Waals surface area contributed by atoms with Crippen LogP contribution in [0.4, 0.5) is 5.69 Å². The molecule has 3 aromatic rings. The number of anilines is 1. The van der Waals surface area contributed by atoms with E-state index in [1.165, 1.54) is 12.1 Å². The number of amides is 1. The van der Waals surface area contributed by atoms with E-state index in [1.807, 2.05) is 68.3 Å². The number of phenols is 2. The van der Waals surface area contributed by atoms with Crippen molar-refractivity contribution in [2.24, 2.45) is 0 Å². The number of Topliss-reactive ketones (excluding diaryl/α,β-unsaturated/α-hetero) is 1. The monoisotopic (exact) mass is 442 g/mol. The van der Waals surface area contributed by atoms with E-state index in [1.54, 1.807) is 6.07 Å². The molecule has 3 N–H and O–H groups in total. The van der Waals surface area contributed by atoms with Crippen molar-refractivity contribution in [1.29, 1.82) is 0 Å². The summed E-state index contributed by atoms with van der Waals surface area (Å²) in [5, 5.41) is 23.4. The third kappa shape index (κ3) is 2.70. The lowest BCUT2D eigenvalue weighted by Crippen LogP contribution is -2.60. The maximum absolute atomic E-state index is 14.6. The van der Waals surface area contributed by atoms with Gasteiger partial charge in [-0.05, 0) is 63.2 Å². The number of carbonyl (C=O) groups excluding carboxylic acids is 2. The summed E-state index contributed by atoms with van der Waals surface area (Å²) in [5.41, 5.74) is 1.73. The standard InChI is InChI=1S/C27H26N2O4/c1-16-12-17(2)14-18(13-16)24(32)26(19-8-9-22(30)23(31)15-19)10-11-29(3)27(26)20-6-4-5-7-21(20)28-25(27)33/h4-9,12-15,30-31H,10-11H2,1-3H3,(H,28,33). The highest BCUT2D eigenvalue weighted by atomic mass is 16.3. The molecule has 0 radical (unpaired) electrons. The number of aryl methyl sites for hydroxylation is 2. The second-order valence-electron chi connectivity index (χ2n) is 9.20. The van der Waals surface area contributed by atoms with Crippen molar-refractivity contribution in [3.8, 4) is 11.5 Å². The van der Waals surface area contributed by atoms with E-state index in [2.05, 4.69) is 5.32 Å². The summed E-state index contributed by atoms with van der Waals surface area (Å²) in [6.07, 6.45) is 0.376. The predicted octanol–water partition coefficient (Wildman–Crippen LogP) is 4.02. The molecule has 33 heavy (non-hydrogen) atoms. The zero-order valence-corrected chi connectivity index (χ0v) is 18.8. The number of ketones is 1. The number of nitrogens with zero attached hydrogens (tertiary/aromatic N) is 1. The highest BCUT2D eigenvalue weighted by molar-refractivity contribution is 6.16. The molecular formula is C27H26N2O4. The second-order valence-corrected chi connectivity index (χ2v) is 9.20. The maximum Gasteiger partial charge on any atom is 0.251 e. The molecular weight excluding hydrogens is 416 g/mol. The second kappa shape index (κ2) is 7.18. The molecule has 3 aromatic carbocycles. The Morgan fingerprint density at radius 1 is 0.970 bits per heavy atom. The van der Waals surface area contributed by atoms with Crippen LogP contribution in [0.5, 0.6) is 11.5 Å². The summed E-state index contributed by atoms with van der Waals surface area (Å²) in [4.78, 5) is 30.4. The predicted molar refractivity (Wildman–Crippen MR) is 126 cm³/mol. The number of hydrogen-bond acceptors (Lipinski definition) is 5. The van der Waals surface area contributed by atoms with Gasteiger partial charge in [-0.2, -0.15) is 0 Å². The van der Waals surface area contributed by atoms with Crippen molar-refractivity contribution in [3.63, 3.8) is 0 Å². The van der Waals surface area contributed by atoms with Crippen LogP contribution in [0.1, 0.15) is 39.0 Å². The Hall–Kier alpha value is -3.64. The van der Waals surface area contributed by atoms with Gasteiger partial charge < -0.3 is 15.5 Å². The average molecular weight is 443 g/mol. The molecule has 2 heterocycles. The summed E-state index contributed by atoms with van der Waals surface area (Å²) in [6.45, 7) is 4.38. The van der Waals surface area contributed by atoms with Crippen molar-refractivity contribution in [1.82, 2.24) is 4.90 Å².